The van der Waals surface area contributed by atoms with E-state index in [9.17, 15) is 13.2 Å². The number of carbonyl (C=O) groups is 1. The van der Waals surface area contributed by atoms with Crippen LogP contribution in [0.5, 0.6) is 5.75 Å². The van der Waals surface area contributed by atoms with E-state index in [1.165, 1.54) is 19.2 Å². The summed E-state index contributed by atoms with van der Waals surface area (Å²) in [6.45, 7) is 4.35. The number of carbonyl (C=O) groups excluding carboxylic acids is 1. The quantitative estimate of drug-likeness (QED) is 0.612. The summed E-state index contributed by atoms with van der Waals surface area (Å²) in [5.74, 6) is -0.479. The molecule has 134 valence electrons. The molecule has 1 heterocycles. The molecule has 2 atom stereocenters. The predicted molar refractivity (Wildman–Crippen MR) is 88.5 cm³/mol. The molecule has 1 amide bonds. The third kappa shape index (κ3) is 3.71. The number of amides is 1. The number of likely N-dealkylation sites (tertiary alicyclic amines) is 1. The molecular weight excluding hydrogens is 332 g/mol. The van der Waals surface area contributed by atoms with Gasteiger partial charge in [-0.05, 0) is 51.0 Å². The second kappa shape index (κ2) is 7.50. The highest BCUT2D eigenvalue weighted by Gasteiger charge is 2.41. The molecule has 1 aliphatic rings. The number of hydrogen-bond acceptors (Lipinski definition) is 6. The van der Waals surface area contributed by atoms with Gasteiger partial charge in [-0.3, -0.25) is 14.9 Å². The minimum Gasteiger partial charge on any atom is -0.497 e. The Morgan fingerprint density at radius 1 is 1.33 bits per heavy atom. The predicted octanol–water partition coefficient (Wildman–Crippen LogP) is 1.42. The van der Waals surface area contributed by atoms with Crippen LogP contribution in [-0.2, 0) is 14.6 Å². The van der Waals surface area contributed by atoms with Gasteiger partial charge in [-0.1, -0.05) is 0 Å². The Kier molecular flexibility index (Phi) is 5.84. The Bertz CT molecular complexity index is 672. The first-order valence-corrected chi connectivity index (χ1v) is 9.43. The highest BCUT2D eigenvalue weighted by molar-refractivity contribution is 7.92. The molecule has 0 bridgehead atoms. The van der Waals surface area contributed by atoms with E-state index in [4.69, 9.17) is 9.94 Å². The maximum atomic E-state index is 13.1. The second-order valence-corrected chi connectivity index (χ2v) is 8.31. The molecule has 2 rings (SSSR count). The third-order valence-electron chi connectivity index (χ3n) is 4.48. The van der Waals surface area contributed by atoms with Crippen molar-refractivity contribution in [2.45, 2.75) is 43.0 Å². The standard InChI is InChI=1S/C16H24N2O5S/c1-11(2)18-9-8-12(16(19)17-20)10-15(18)24(21,22)14-6-4-13(23-3)5-7-14/h4-7,11-12,15,20H,8-10H2,1-3H3,(H,17,19). The van der Waals surface area contributed by atoms with Gasteiger partial charge in [-0.2, -0.15) is 0 Å². The number of ether oxygens (including phenoxy) is 1. The Morgan fingerprint density at radius 2 is 1.96 bits per heavy atom. The number of rotatable bonds is 5. The normalized spacial score (nSPS) is 22.4. The lowest BCUT2D eigenvalue weighted by Crippen LogP contribution is -2.52. The van der Waals surface area contributed by atoms with E-state index < -0.39 is 27.0 Å². The van der Waals surface area contributed by atoms with Gasteiger partial charge in [0.2, 0.25) is 5.91 Å². The zero-order valence-corrected chi connectivity index (χ0v) is 14.9. The molecular formula is C16H24N2O5S. The molecule has 1 saturated heterocycles. The summed E-state index contributed by atoms with van der Waals surface area (Å²) in [5.41, 5.74) is 1.64. The monoisotopic (exact) mass is 356 g/mol. The summed E-state index contributed by atoms with van der Waals surface area (Å²) in [7, 11) is -2.13. The molecule has 1 aromatic carbocycles. The van der Waals surface area contributed by atoms with Crippen molar-refractivity contribution in [3.8, 4) is 5.75 Å². The summed E-state index contributed by atoms with van der Waals surface area (Å²) in [6.07, 6.45) is 0.665. The van der Waals surface area contributed by atoms with Gasteiger partial charge in [-0.15, -0.1) is 0 Å². The number of methoxy groups -OCH3 is 1. The number of hydrogen-bond donors (Lipinski definition) is 2. The molecule has 1 fully saturated rings. The number of benzene rings is 1. The summed E-state index contributed by atoms with van der Waals surface area (Å²) < 4.78 is 31.2. The van der Waals surface area contributed by atoms with Crippen molar-refractivity contribution in [3.63, 3.8) is 0 Å². The Morgan fingerprint density at radius 3 is 2.46 bits per heavy atom. The lowest BCUT2D eigenvalue weighted by molar-refractivity contribution is -0.135. The molecule has 2 unspecified atom stereocenters. The van der Waals surface area contributed by atoms with Crippen LogP contribution < -0.4 is 10.2 Å². The van der Waals surface area contributed by atoms with Gasteiger partial charge in [0, 0.05) is 18.5 Å². The maximum absolute atomic E-state index is 13.1. The topological polar surface area (TPSA) is 95.9 Å². The zero-order valence-electron chi connectivity index (χ0n) is 14.1. The fourth-order valence-corrected chi connectivity index (χ4v) is 5.11. The van der Waals surface area contributed by atoms with Crippen LogP contribution in [0.25, 0.3) is 0 Å². The average Bonchev–Trinajstić information content (AvgIpc) is 2.60. The van der Waals surface area contributed by atoms with E-state index in [-0.39, 0.29) is 17.4 Å². The molecule has 0 aliphatic carbocycles. The van der Waals surface area contributed by atoms with Gasteiger partial charge in [-0.25, -0.2) is 13.9 Å². The number of nitrogens with zero attached hydrogens (tertiary/aromatic N) is 1. The lowest BCUT2D eigenvalue weighted by Gasteiger charge is -2.40. The van der Waals surface area contributed by atoms with Crippen molar-refractivity contribution in [2.75, 3.05) is 13.7 Å². The molecule has 0 radical (unpaired) electrons. The third-order valence-corrected chi connectivity index (χ3v) is 6.59. The van der Waals surface area contributed by atoms with Crippen molar-refractivity contribution < 1.29 is 23.2 Å². The van der Waals surface area contributed by atoms with E-state index in [2.05, 4.69) is 0 Å². The summed E-state index contributed by atoms with van der Waals surface area (Å²) in [5, 5.41) is 8.05. The minimum absolute atomic E-state index is 0.0289. The molecule has 1 aromatic rings. The van der Waals surface area contributed by atoms with Gasteiger partial charge in [0.05, 0.1) is 12.0 Å². The summed E-state index contributed by atoms with van der Waals surface area (Å²) >= 11 is 0. The van der Waals surface area contributed by atoms with Crippen LogP contribution in [0.2, 0.25) is 0 Å². The molecule has 0 spiro atoms. The number of nitrogens with one attached hydrogen (secondary N) is 1. The fraction of sp³-hybridized carbons (Fsp3) is 0.562. The molecule has 8 heteroatoms. The van der Waals surface area contributed by atoms with Crippen LogP contribution in [0.1, 0.15) is 26.7 Å². The van der Waals surface area contributed by atoms with E-state index in [0.717, 1.165) is 0 Å². The van der Waals surface area contributed by atoms with E-state index >= 15 is 0 Å². The van der Waals surface area contributed by atoms with Crippen LogP contribution in [0, 0.1) is 5.92 Å². The first kappa shape index (κ1) is 18.7. The van der Waals surface area contributed by atoms with Gasteiger partial charge in [0.15, 0.2) is 9.84 Å². The fourth-order valence-electron chi connectivity index (χ4n) is 3.09. The van der Waals surface area contributed by atoms with Crippen molar-refractivity contribution in [2.24, 2.45) is 5.92 Å². The largest absolute Gasteiger partial charge is 0.497 e. The van der Waals surface area contributed by atoms with Crippen LogP contribution in [0.3, 0.4) is 0 Å². The van der Waals surface area contributed by atoms with Crippen molar-refractivity contribution in [3.05, 3.63) is 24.3 Å². The van der Waals surface area contributed by atoms with Gasteiger partial charge in [0.1, 0.15) is 11.1 Å². The van der Waals surface area contributed by atoms with Crippen molar-refractivity contribution in [1.29, 1.82) is 0 Å². The van der Waals surface area contributed by atoms with E-state index in [1.54, 1.807) is 17.6 Å². The highest BCUT2D eigenvalue weighted by Crippen LogP contribution is 2.32. The van der Waals surface area contributed by atoms with Crippen molar-refractivity contribution >= 4 is 15.7 Å². The molecule has 0 aromatic heterocycles. The van der Waals surface area contributed by atoms with Crippen LogP contribution in [-0.4, -0.2) is 49.5 Å². The Labute approximate surface area is 142 Å². The number of sulfone groups is 1. The minimum atomic E-state index is -3.65. The smallest absolute Gasteiger partial charge is 0.246 e. The van der Waals surface area contributed by atoms with Crippen LogP contribution in [0.15, 0.2) is 29.2 Å². The lowest BCUT2D eigenvalue weighted by atomic mass is 9.95. The van der Waals surface area contributed by atoms with E-state index in [0.29, 0.717) is 18.7 Å². The van der Waals surface area contributed by atoms with E-state index in [1.807, 2.05) is 18.7 Å². The molecule has 0 saturated carbocycles. The second-order valence-electron chi connectivity index (χ2n) is 6.20. The first-order chi connectivity index (χ1) is 11.3. The zero-order chi connectivity index (χ0) is 17.9. The Hall–Kier alpha value is -1.64. The molecule has 2 N–H and O–H groups in total. The Balaban J connectivity index is 2.35. The molecule has 24 heavy (non-hydrogen) atoms. The van der Waals surface area contributed by atoms with Crippen LogP contribution in [0.4, 0.5) is 0 Å². The summed E-state index contributed by atoms with van der Waals surface area (Å²) in [4.78, 5) is 13.8. The van der Waals surface area contributed by atoms with Gasteiger partial charge in [0.25, 0.3) is 0 Å². The SMILES string of the molecule is COc1ccc(S(=O)(=O)C2CC(C(=O)NO)CCN2C(C)C)cc1. The van der Waals surface area contributed by atoms with Gasteiger partial charge < -0.3 is 4.74 Å². The highest BCUT2D eigenvalue weighted by atomic mass is 32.2. The maximum Gasteiger partial charge on any atom is 0.246 e. The van der Waals surface area contributed by atoms with Crippen molar-refractivity contribution in [1.82, 2.24) is 10.4 Å². The summed E-state index contributed by atoms with van der Waals surface area (Å²) in [6, 6.07) is 6.27. The molecule has 1 aliphatic heterocycles. The number of hydroxylamine groups is 1. The van der Waals surface area contributed by atoms with Crippen LogP contribution >= 0.6 is 0 Å². The van der Waals surface area contributed by atoms with Gasteiger partial charge >= 0.3 is 0 Å². The number of piperidine rings is 1. The molecule has 7 nitrogen and oxygen atoms in total. The average molecular weight is 356 g/mol. The first-order valence-electron chi connectivity index (χ1n) is 7.89.